The van der Waals surface area contributed by atoms with Gasteiger partial charge in [-0.1, -0.05) is 13.3 Å². The van der Waals surface area contributed by atoms with Crippen molar-refractivity contribution in [2.75, 3.05) is 17.7 Å². The molecule has 3 heteroatoms. The molecule has 3 nitrogen and oxygen atoms in total. The van der Waals surface area contributed by atoms with E-state index in [0.29, 0.717) is 6.04 Å². The van der Waals surface area contributed by atoms with Gasteiger partial charge in [0.05, 0.1) is 0 Å². The molecule has 0 radical (unpaired) electrons. The Bertz CT molecular complexity index is 286. The first kappa shape index (κ1) is 10.8. The molecule has 1 unspecified atom stereocenters. The van der Waals surface area contributed by atoms with Gasteiger partial charge in [-0.05, 0) is 19.4 Å². The van der Waals surface area contributed by atoms with E-state index in [-0.39, 0.29) is 0 Å². The van der Waals surface area contributed by atoms with E-state index in [1.54, 1.807) is 6.20 Å². The Kier molecular flexibility index (Phi) is 3.74. The number of nitrogens with zero attached hydrogens (tertiary/aromatic N) is 2. The predicted molar refractivity (Wildman–Crippen MR) is 61.4 cm³/mol. The van der Waals surface area contributed by atoms with E-state index in [4.69, 9.17) is 5.73 Å². The second-order valence-corrected chi connectivity index (χ2v) is 3.70. The maximum absolute atomic E-state index is 5.70. The Morgan fingerprint density at radius 2 is 2.29 bits per heavy atom. The van der Waals surface area contributed by atoms with Gasteiger partial charge in [-0.15, -0.1) is 0 Å². The van der Waals surface area contributed by atoms with Gasteiger partial charge in [-0.3, -0.25) is 0 Å². The van der Waals surface area contributed by atoms with E-state index in [9.17, 15) is 0 Å². The third-order valence-corrected chi connectivity index (χ3v) is 2.50. The third-order valence-electron chi connectivity index (χ3n) is 2.50. The van der Waals surface area contributed by atoms with Crippen molar-refractivity contribution in [1.29, 1.82) is 0 Å². The maximum atomic E-state index is 5.70. The van der Waals surface area contributed by atoms with Crippen LogP contribution in [0, 0.1) is 0 Å². The Balaban J connectivity index is 2.73. The lowest BCUT2D eigenvalue weighted by Crippen LogP contribution is -2.29. The molecule has 0 fully saturated rings. The molecule has 0 aliphatic carbocycles. The zero-order valence-electron chi connectivity index (χ0n) is 9.20. The van der Waals surface area contributed by atoms with Crippen molar-refractivity contribution < 1.29 is 0 Å². The van der Waals surface area contributed by atoms with Crippen LogP contribution in [0.25, 0.3) is 0 Å². The number of nitrogen functional groups attached to an aromatic ring is 1. The van der Waals surface area contributed by atoms with Gasteiger partial charge >= 0.3 is 0 Å². The molecule has 0 spiro atoms. The molecule has 1 aromatic heterocycles. The fraction of sp³-hybridized carbons (Fsp3) is 0.545. The number of hydrogen-bond acceptors (Lipinski definition) is 3. The van der Waals surface area contributed by atoms with Gasteiger partial charge in [0.15, 0.2) is 0 Å². The SMILES string of the molecule is CCCC(C)N(C)c1cc(N)ccn1. The van der Waals surface area contributed by atoms with Crippen LogP contribution in [0.1, 0.15) is 26.7 Å². The molecule has 0 aliphatic rings. The highest BCUT2D eigenvalue weighted by molar-refractivity contribution is 5.50. The third kappa shape index (κ3) is 2.62. The van der Waals surface area contributed by atoms with Crippen molar-refractivity contribution >= 4 is 11.5 Å². The summed E-state index contributed by atoms with van der Waals surface area (Å²) in [4.78, 5) is 6.46. The first-order chi connectivity index (χ1) is 6.65. The average molecular weight is 193 g/mol. The van der Waals surface area contributed by atoms with Crippen LogP contribution in [-0.4, -0.2) is 18.1 Å². The van der Waals surface area contributed by atoms with Crippen molar-refractivity contribution in [2.45, 2.75) is 32.7 Å². The lowest BCUT2D eigenvalue weighted by Gasteiger charge is -2.25. The summed E-state index contributed by atoms with van der Waals surface area (Å²) >= 11 is 0. The van der Waals surface area contributed by atoms with Crippen molar-refractivity contribution in [1.82, 2.24) is 4.98 Å². The van der Waals surface area contributed by atoms with Crippen molar-refractivity contribution in [3.05, 3.63) is 18.3 Å². The minimum absolute atomic E-state index is 0.509. The normalized spacial score (nSPS) is 12.5. The maximum Gasteiger partial charge on any atom is 0.130 e. The molecule has 1 rings (SSSR count). The molecule has 0 aliphatic heterocycles. The number of aromatic nitrogens is 1. The zero-order valence-corrected chi connectivity index (χ0v) is 9.20. The molecule has 1 aromatic rings. The Morgan fingerprint density at radius 3 is 2.86 bits per heavy atom. The predicted octanol–water partition coefficient (Wildman–Crippen LogP) is 2.29. The summed E-state index contributed by atoms with van der Waals surface area (Å²) < 4.78 is 0. The second kappa shape index (κ2) is 4.84. The van der Waals surface area contributed by atoms with Crippen LogP contribution >= 0.6 is 0 Å². The molecule has 2 N–H and O–H groups in total. The Hall–Kier alpha value is -1.25. The lowest BCUT2D eigenvalue weighted by molar-refractivity contribution is 0.611. The van der Waals surface area contributed by atoms with Gasteiger partial charge in [0.1, 0.15) is 5.82 Å². The van der Waals surface area contributed by atoms with Crippen molar-refractivity contribution in [2.24, 2.45) is 0 Å². The van der Waals surface area contributed by atoms with E-state index >= 15 is 0 Å². The minimum atomic E-state index is 0.509. The first-order valence-corrected chi connectivity index (χ1v) is 5.09. The van der Waals surface area contributed by atoms with E-state index < -0.39 is 0 Å². The van der Waals surface area contributed by atoms with Gasteiger partial charge in [-0.25, -0.2) is 4.98 Å². The molecule has 1 atom stereocenters. The average Bonchev–Trinajstić information content (AvgIpc) is 2.17. The zero-order chi connectivity index (χ0) is 10.6. The van der Waals surface area contributed by atoms with Crippen LogP contribution in [0.2, 0.25) is 0 Å². The fourth-order valence-electron chi connectivity index (χ4n) is 1.46. The van der Waals surface area contributed by atoms with Crippen molar-refractivity contribution in [3.8, 4) is 0 Å². The van der Waals surface area contributed by atoms with Crippen LogP contribution in [0.4, 0.5) is 11.5 Å². The monoisotopic (exact) mass is 193 g/mol. The lowest BCUT2D eigenvalue weighted by atomic mass is 10.2. The molecule has 1 heterocycles. The summed E-state index contributed by atoms with van der Waals surface area (Å²) in [6, 6.07) is 4.22. The molecule has 0 aromatic carbocycles. The van der Waals surface area contributed by atoms with E-state index in [1.165, 1.54) is 12.8 Å². The van der Waals surface area contributed by atoms with Crippen LogP contribution in [0.15, 0.2) is 18.3 Å². The van der Waals surface area contributed by atoms with Gasteiger partial charge in [-0.2, -0.15) is 0 Å². The summed E-state index contributed by atoms with van der Waals surface area (Å²) in [6.07, 6.45) is 4.11. The second-order valence-electron chi connectivity index (χ2n) is 3.70. The van der Waals surface area contributed by atoms with E-state index in [0.717, 1.165) is 11.5 Å². The summed E-state index contributed by atoms with van der Waals surface area (Å²) in [5, 5.41) is 0. The standard InChI is InChI=1S/C11H19N3/c1-4-5-9(2)14(3)11-8-10(12)6-7-13-11/h6-9H,4-5H2,1-3H3,(H2,12,13). The number of hydrogen-bond donors (Lipinski definition) is 1. The summed E-state index contributed by atoms with van der Waals surface area (Å²) in [5.74, 6) is 0.950. The molecular formula is C11H19N3. The molecule has 0 amide bonds. The number of pyridine rings is 1. The van der Waals surface area contributed by atoms with E-state index in [1.807, 2.05) is 12.1 Å². The van der Waals surface area contributed by atoms with Gasteiger partial charge in [0.2, 0.25) is 0 Å². The molecule has 0 bridgehead atoms. The first-order valence-electron chi connectivity index (χ1n) is 5.09. The van der Waals surface area contributed by atoms with Crippen molar-refractivity contribution in [3.63, 3.8) is 0 Å². The molecule has 0 saturated carbocycles. The highest BCUT2D eigenvalue weighted by Crippen LogP contribution is 2.16. The molecule has 78 valence electrons. The topological polar surface area (TPSA) is 42.1 Å². The Labute approximate surface area is 85.9 Å². The number of anilines is 2. The largest absolute Gasteiger partial charge is 0.399 e. The van der Waals surface area contributed by atoms with Crippen LogP contribution in [0.5, 0.6) is 0 Å². The Morgan fingerprint density at radius 1 is 1.57 bits per heavy atom. The molecular weight excluding hydrogens is 174 g/mol. The number of rotatable bonds is 4. The van der Waals surface area contributed by atoms with E-state index in [2.05, 4.69) is 30.8 Å². The summed E-state index contributed by atoms with van der Waals surface area (Å²) in [5.41, 5.74) is 6.47. The highest BCUT2D eigenvalue weighted by Gasteiger charge is 2.09. The fourth-order valence-corrected chi connectivity index (χ4v) is 1.46. The highest BCUT2D eigenvalue weighted by atomic mass is 15.2. The number of nitrogens with two attached hydrogens (primary N) is 1. The summed E-state index contributed by atoms with van der Waals surface area (Å²) in [6.45, 7) is 4.39. The van der Waals surface area contributed by atoms with Gasteiger partial charge in [0, 0.05) is 31.0 Å². The quantitative estimate of drug-likeness (QED) is 0.797. The van der Waals surface area contributed by atoms with Crippen LogP contribution in [0.3, 0.4) is 0 Å². The van der Waals surface area contributed by atoms with Gasteiger partial charge in [0.25, 0.3) is 0 Å². The molecule has 0 saturated heterocycles. The smallest absolute Gasteiger partial charge is 0.130 e. The van der Waals surface area contributed by atoms with Crippen LogP contribution < -0.4 is 10.6 Å². The van der Waals surface area contributed by atoms with Gasteiger partial charge < -0.3 is 10.6 Å². The minimum Gasteiger partial charge on any atom is -0.399 e. The summed E-state index contributed by atoms with van der Waals surface area (Å²) in [7, 11) is 2.06. The van der Waals surface area contributed by atoms with Crippen LogP contribution in [-0.2, 0) is 0 Å². The molecule has 14 heavy (non-hydrogen) atoms.